The van der Waals surface area contributed by atoms with Gasteiger partial charge in [0.2, 0.25) is 0 Å². The monoisotopic (exact) mass is 260 g/mol. The van der Waals surface area contributed by atoms with Crippen molar-refractivity contribution in [3.05, 3.63) is 42.0 Å². The van der Waals surface area contributed by atoms with Crippen LogP contribution in [0.4, 0.5) is 0 Å². The highest BCUT2D eigenvalue weighted by Crippen LogP contribution is 2.08. The second-order valence-electron chi connectivity index (χ2n) is 4.05. The van der Waals surface area contributed by atoms with E-state index in [1.54, 1.807) is 32.4 Å². The number of carbonyl (C=O) groups is 2. The average Bonchev–Trinajstić information content (AvgIpc) is 2.87. The van der Waals surface area contributed by atoms with E-state index >= 15 is 0 Å². The summed E-state index contributed by atoms with van der Waals surface area (Å²) in [6, 6.07) is 4.55. The standard InChI is InChI=1S/C12H12N4O3/c1-15(2)11(17)9-5-6-16(14-9)8-3-4-10(12(18)19)13-7-8/h3-7H,1-2H3,(H,18,19). The van der Waals surface area contributed by atoms with Crippen molar-refractivity contribution in [2.45, 2.75) is 0 Å². The first kappa shape index (κ1) is 12.7. The van der Waals surface area contributed by atoms with Crippen LogP contribution in [0.25, 0.3) is 5.69 Å². The smallest absolute Gasteiger partial charge is 0.354 e. The van der Waals surface area contributed by atoms with Crippen molar-refractivity contribution >= 4 is 11.9 Å². The van der Waals surface area contributed by atoms with Gasteiger partial charge in [-0.1, -0.05) is 0 Å². The molecule has 19 heavy (non-hydrogen) atoms. The molecule has 98 valence electrons. The molecule has 0 atom stereocenters. The largest absolute Gasteiger partial charge is 0.477 e. The molecule has 0 aliphatic carbocycles. The molecular weight excluding hydrogens is 248 g/mol. The third-order valence-corrected chi connectivity index (χ3v) is 2.45. The zero-order chi connectivity index (χ0) is 14.0. The van der Waals surface area contributed by atoms with Gasteiger partial charge in [0, 0.05) is 20.3 Å². The van der Waals surface area contributed by atoms with Gasteiger partial charge in [-0.3, -0.25) is 4.79 Å². The van der Waals surface area contributed by atoms with Gasteiger partial charge in [-0.25, -0.2) is 14.5 Å². The molecule has 2 aromatic rings. The zero-order valence-corrected chi connectivity index (χ0v) is 10.4. The fraction of sp³-hybridized carbons (Fsp3) is 0.167. The van der Waals surface area contributed by atoms with Crippen LogP contribution in [0, 0.1) is 0 Å². The summed E-state index contributed by atoms with van der Waals surface area (Å²) in [6.07, 6.45) is 3.01. The molecule has 0 spiro atoms. The molecule has 0 aliphatic heterocycles. The Labute approximate surface area is 109 Å². The van der Waals surface area contributed by atoms with E-state index in [0.29, 0.717) is 11.4 Å². The Morgan fingerprint density at radius 1 is 1.21 bits per heavy atom. The van der Waals surface area contributed by atoms with Gasteiger partial charge >= 0.3 is 5.97 Å². The Kier molecular flexibility index (Phi) is 3.28. The Morgan fingerprint density at radius 3 is 2.47 bits per heavy atom. The minimum atomic E-state index is -1.09. The Balaban J connectivity index is 2.28. The van der Waals surface area contributed by atoms with Crippen LogP contribution in [0.5, 0.6) is 0 Å². The number of carboxylic acids is 1. The van der Waals surface area contributed by atoms with Crippen molar-refractivity contribution in [2.75, 3.05) is 14.1 Å². The zero-order valence-electron chi connectivity index (χ0n) is 10.4. The molecule has 2 aromatic heterocycles. The Hall–Kier alpha value is -2.70. The van der Waals surface area contributed by atoms with Crippen molar-refractivity contribution in [1.29, 1.82) is 0 Å². The fourth-order valence-corrected chi connectivity index (χ4v) is 1.46. The van der Waals surface area contributed by atoms with Crippen LogP contribution in [0.15, 0.2) is 30.6 Å². The summed E-state index contributed by atoms with van der Waals surface area (Å²) in [4.78, 5) is 27.6. The quantitative estimate of drug-likeness (QED) is 0.876. The molecule has 0 aromatic carbocycles. The molecule has 0 bridgehead atoms. The molecular formula is C12H12N4O3. The number of aromatic nitrogens is 3. The average molecular weight is 260 g/mol. The number of pyridine rings is 1. The van der Waals surface area contributed by atoms with Crippen molar-refractivity contribution in [2.24, 2.45) is 0 Å². The van der Waals surface area contributed by atoms with Crippen molar-refractivity contribution in [3.63, 3.8) is 0 Å². The maximum atomic E-state index is 11.7. The number of carboxylic acid groups (broad SMARTS) is 1. The lowest BCUT2D eigenvalue weighted by atomic mass is 10.3. The lowest BCUT2D eigenvalue weighted by molar-refractivity contribution is 0.0690. The highest BCUT2D eigenvalue weighted by atomic mass is 16.4. The summed E-state index contributed by atoms with van der Waals surface area (Å²) >= 11 is 0. The summed E-state index contributed by atoms with van der Waals surface area (Å²) in [6.45, 7) is 0. The molecule has 7 nitrogen and oxygen atoms in total. The fourth-order valence-electron chi connectivity index (χ4n) is 1.46. The minimum Gasteiger partial charge on any atom is -0.477 e. The third-order valence-electron chi connectivity index (χ3n) is 2.45. The molecule has 2 rings (SSSR count). The molecule has 0 fully saturated rings. The molecule has 0 aliphatic rings. The van der Waals surface area contributed by atoms with E-state index < -0.39 is 5.97 Å². The predicted molar refractivity (Wildman–Crippen MR) is 66.3 cm³/mol. The summed E-state index contributed by atoms with van der Waals surface area (Å²) in [5.41, 5.74) is 0.857. The van der Waals surface area contributed by atoms with Crippen LogP contribution in [0.2, 0.25) is 0 Å². The number of hydrogen-bond acceptors (Lipinski definition) is 4. The van der Waals surface area contributed by atoms with Gasteiger partial charge in [-0.05, 0) is 18.2 Å². The van der Waals surface area contributed by atoms with Gasteiger partial charge < -0.3 is 10.0 Å². The normalized spacial score (nSPS) is 10.2. The third kappa shape index (κ3) is 2.59. The predicted octanol–water partition coefficient (Wildman–Crippen LogP) is 0.667. The van der Waals surface area contributed by atoms with Crippen LogP contribution < -0.4 is 0 Å². The molecule has 0 radical (unpaired) electrons. The van der Waals surface area contributed by atoms with Gasteiger partial charge in [0.25, 0.3) is 5.91 Å². The number of aromatic carboxylic acids is 1. The van der Waals surface area contributed by atoms with E-state index in [9.17, 15) is 9.59 Å². The number of nitrogens with zero attached hydrogens (tertiary/aromatic N) is 4. The number of amides is 1. The molecule has 1 amide bonds. The topological polar surface area (TPSA) is 88.3 Å². The summed E-state index contributed by atoms with van der Waals surface area (Å²) < 4.78 is 1.47. The van der Waals surface area contributed by atoms with Crippen molar-refractivity contribution < 1.29 is 14.7 Å². The van der Waals surface area contributed by atoms with E-state index in [4.69, 9.17) is 5.11 Å². The number of carbonyl (C=O) groups excluding carboxylic acids is 1. The van der Waals surface area contributed by atoms with E-state index in [1.807, 2.05) is 0 Å². The molecule has 0 saturated heterocycles. The second kappa shape index (κ2) is 4.89. The first-order chi connectivity index (χ1) is 8.99. The van der Waals surface area contributed by atoms with Gasteiger partial charge in [-0.15, -0.1) is 0 Å². The van der Waals surface area contributed by atoms with E-state index in [2.05, 4.69) is 10.1 Å². The first-order valence-corrected chi connectivity index (χ1v) is 5.46. The molecule has 2 heterocycles. The maximum Gasteiger partial charge on any atom is 0.354 e. The highest BCUT2D eigenvalue weighted by Gasteiger charge is 2.12. The second-order valence-corrected chi connectivity index (χ2v) is 4.05. The van der Waals surface area contributed by atoms with Gasteiger partial charge in [0.05, 0.1) is 11.9 Å². The van der Waals surface area contributed by atoms with Crippen LogP contribution in [0.3, 0.4) is 0 Å². The highest BCUT2D eigenvalue weighted by molar-refractivity contribution is 5.91. The van der Waals surface area contributed by atoms with Crippen LogP contribution in [-0.4, -0.2) is 50.7 Å². The first-order valence-electron chi connectivity index (χ1n) is 5.46. The Bertz CT molecular complexity index is 616. The van der Waals surface area contributed by atoms with Crippen molar-refractivity contribution in [3.8, 4) is 5.69 Å². The molecule has 7 heteroatoms. The summed E-state index contributed by atoms with van der Waals surface area (Å²) in [5.74, 6) is -1.29. The van der Waals surface area contributed by atoms with Gasteiger partial charge in [-0.2, -0.15) is 5.10 Å². The maximum absolute atomic E-state index is 11.7. The van der Waals surface area contributed by atoms with E-state index in [-0.39, 0.29) is 11.6 Å². The van der Waals surface area contributed by atoms with Crippen molar-refractivity contribution in [1.82, 2.24) is 19.7 Å². The van der Waals surface area contributed by atoms with Gasteiger partial charge in [0.15, 0.2) is 5.69 Å². The minimum absolute atomic E-state index is 0.0412. The van der Waals surface area contributed by atoms with Gasteiger partial charge in [0.1, 0.15) is 5.69 Å². The van der Waals surface area contributed by atoms with Crippen LogP contribution in [-0.2, 0) is 0 Å². The lowest BCUT2D eigenvalue weighted by Crippen LogP contribution is -2.22. The summed E-state index contributed by atoms with van der Waals surface area (Å²) in [7, 11) is 3.29. The SMILES string of the molecule is CN(C)C(=O)c1ccn(-c2ccc(C(=O)O)nc2)n1. The van der Waals surface area contributed by atoms with E-state index in [1.165, 1.54) is 21.8 Å². The van der Waals surface area contributed by atoms with Crippen LogP contribution >= 0.6 is 0 Å². The Morgan fingerprint density at radius 2 is 1.95 bits per heavy atom. The molecule has 0 unspecified atom stereocenters. The number of rotatable bonds is 3. The molecule has 1 N–H and O–H groups in total. The lowest BCUT2D eigenvalue weighted by Gasteiger charge is -2.07. The molecule has 0 saturated carbocycles. The van der Waals surface area contributed by atoms with E-state index in [0.717, 1.165) is 0 Å². The van der Waals surface area contributed by atoms with Crippen LogP contribution in [0.1, 0.15) is 21.0 Å². The number of hydrogen-bond donors (Lipinski definition) is 1. The summed E-state index contributed by atoms with van der Waals surface area (Å²) in [5, 5.41) is 12.9.